The van der Waals surface area contributed by atoms with E-state index in [9.17, 15) is 0 Å². The van der Waals surface area contributed by atoms with E-state index in [1.54, 1.807) is 6.20 Å². The fourth-order valence-corrected chi connectivity index (χ4v) is 3.21. The molecule has 3 aromatic rings. The van der Waals surface area contributed by atoms with Gasteiger partial charge in [0.15, 0.2) is 11.6 Å². The Hall–Kier alpha value is -1.76. The average molecular weight is 450 g/mol. The maximum atomic E-state index is 6.23. The molecule has 0 fully saturated rings. The normalized spacial score (nSPS) is 11.8. The van der Waals surface area contributed by atoms with Gasteiger partial charge in [0.05, 0.1) is 12.1 Å². The molecule has 0 spiro atoms. The van der Waals surface area contributed by atoms with Gasteiger partial charge in [-0.05, 0) is 57.0 Å². The van der Waals surface area contributed by atoms with Gasteiger partial charge in [0, 0.05) is 16.2 Å². The minimum atomic E-state index is -0.258. The summed E-state index contributed by atoms with van der Waals surface area (Å²) in [5, 5.41) is 5.16. The van der Waals surface area contributed by atoms with Gasteiger partial charge in [0.2, 0.25) is 0 Å². The molecule has 7 heteroatoms. The van der Waals surface area contributed by atoms with E-state index < -0.39 is 0 Å². The molecule has 1 aromatic carbocycles. The lowest BCUT2D eigenvalue weighted by Crippen LogP contribution is -2.19. The minimum Gasteiger partial charge on any atom is -0.368 e. The number of ether oxygens (including phenoxy) is 1. The number of benzene rings is 1. The monoisotopic (exact) mass is 448 g/mol. The summed E-state index contributed by atoms with van der Waals surface area (Å²) in [6, 6.07) is 10.1. The van der Waals surface area contributed by atoms with Crippen molar-refractivity contribution in [3.8, 4) is 11.4 Å². The lowest BCUT2D eigenvalue weighted by Gasteiger charge is -2.17. The Bertz CT molecular complexity index is 949. The minimum absolute atomic E-state index is 0.258. The Morgan fingerprint density at radius 1 is 1.22 bits per heavy atom. The molecule has 142 valence electrons. The summed E-state index contributed by atoms with van der Waals surface area (Å²) in [6.45, 7) is 8.92. The SMILES string of the molecule is Cc1c(-c2nc(COC(C)(C)C)nn2Cc2cccc(Br)c2)ccnc1Cl. The van der Waals surface area contributed by atoms with E-state index in [4.69, 9.17) is 21.3 Å². The topological polar surface area (TPSA) is 52.8 Å². The highest BCUT2D eigenvalue weighted by Crippen LogP contribution is 2.27. The van der Waals surface area contributed by atoms with Crippen molar-refractivity contribution in [2.45, 2.75) is 46.4 Å². The first-order valence-corrected chi connectivity index (χ1v) is 9.83. The van der Waals surface area contributed by atoms with Crippen LogP contribution in [-0.2, 0) is 17.9 Å². The molecule has 5 nitrogen and oxygen atoms in total. The maximum Gasteiger partial charge on any atom is 0.176 e. The zero-order chi connectivity index (χ0) is 19.6. The van der Waals surface area contributed by atoms with Crippen LogP contribution in [0.5, 0.6) is 0 Å². The fourth-order valence-electron chi connectivity index (χ4n) is 2.60. The lowest BCUT2D eigenvalue weighted by atomic mass is 10.1. The van der Waals surface area contributed by atoms with E-state index >= 15 is 0 Å². The van der Waals surface area contributed by atoms with E-state index in [1.165, 1.54) is 0 Å². The van der Waals surface area contributed by atoms with E-state index in [-0.39, 0.29) is 5.60 Å². The Kier molecular flexibility index (Phi) is 5.99. The van der Waals surface area contributed by atoms with Crippen LogP contribution in [0.1, 0.15) is 37.7 Å². The molecule has 0 N–H and O–H groups in total. The number of hydrogen-bond acceptors (Lipinski definition) is 4. The molecule has 0 saturated carbocycles. The van der Waals surface area contributed by atoms with Crippen LogP contribution in [0.25, 0.3) is 11.4 Å². The zero-order valence-electron chi connectivity index (χ0n) is 15.8. The van der Waals surface area contributed by atoms with Crippen LogP contribution in [-0.4, -0.2) is 25.3 Å². The highest BCUT2D eigenvalue weighted by molar-refractivity contribution is 9.10. The second-order valence-electron chi connectivity index (χ2n) is 7.31. The number of rotatable bonds is 5. The van der Waals surface area contributed by atoms with Crippen molar-refractivity contribution in [2.75, 3.05) is 0 Å². The third kappa shape index (κ3) is 5.15. The number of halogens is 2. The van der Waals surface area contributed by atoms with Gasteiger partial charge in [-0.25, -0.2) is 14.6 Å². The summed E-state index contributed by atoms with van der Waals surface area (Å²) < 4.78 is 8.78. The Balaban J connectivity index is 2.01. The van der Waals surface area contributed by atoms with Crippen molar-refractivity contribution >= 4 is 27.5 Å². The Morgan fingerprint density at radius 3 is 2.70 bits per heavy atom. The maximum absolute atomic E-state index is 6.23. The molecule has 2 aromatic heterocycles. The predicted octanol–water partition coefficient (Wildman–Crippen LogP) is 5.43. The average Bonchev–Trinajstić information content (AvgIpc) is 2.98. The smallest absolute Gasteiger partial charge is 0.176 e. The molecule has 0 aliphatic carbocycles. The van der Waals surface area contributed by atoms with Crippen molar-refractivity contribution < 1.29 is 4.74 Å². The zero-order valence-corrected chi connectivity index (χ0v) is 18.2. The summed E-state index contributed by atoms with van der Waals surface area (Å²) in [6.07, 6.45) is 1.69. The Labute approximate surface area is 172 Å². The van der Waals surface area contributed by atoms with Crippen molar-refractivity contribution in [3.63, 3.8) is 0 Å². The van der Waals surface area contributed by atoms with Crippen molar-refractivity contribution in [2.24, 2.45) is 0 Å². The highest BCUT2D eigenvalue weighted by atomic mass is 79.9. The largest absolute Gasteiger partial charge is 0.368 e. The molecule has 0 amide bonds. The van der Waals surface area contributed by atoms with Crippen LogP contribution in [0.3, 0.4) is 0 Å². The number of aromatic nitrogens is 4. The van der Waals surface area contributed by atoms with Gasteiger partial charge < -0.3 is 4.74 Å². The van der Waals surface area contributed by atoms with Crippen LogP contribution >= 0.6 is 27.5 Å². The van der Waals surface area contributed by atoms with Gasteiger partial charge in [-0.3, -0.25) is 0 Å². The first kappa shape index (κ1) is 20.0. The third-order valence-corrected chi connectivity index (χ3v) is 4.83. The van der Waals surface area contributed by atoms with Crippen LogP contribution in [0.15, 0.2) is 41.0 Å². The molecular weight excluding hydrogens is 428 g/mol. The summed E-state index contributed by atoms with van der Waals surface area (Å²) in [7, 11) is 0. The van der Waals surface area contributed by atoms with Gasteiger partial charge in [0.25, 0.3) is 0 Å². The molecule has 0 atom stereocenters. The van der Waals surface area contributed by atoms with Gasteiger partial charge in [0.1, 0.15) is 11.8 Å². The number of pyridine rings is 1. The standard InChI is InChI=1S/C20H22BrClN4O/c1-13-16(8-9-23-18(13)22)19-24-17(12-27-20(2,3)4)25-26(19)11-14-6-5-7-15(21)10-14/h5-10H,11-12H2,1-4H3. The van der Waals surface area contributed by atoms with Crippen LogP contribution in [0.2, 0.25) is 5.15 Å². The quantitative estimate of drug-likeness (QED) is 0.488. The van der Waals surface area contributed by atoms with Gasteiger partial charge in [-0.1, -0.05) is 39.7 Å². The first-order valence-electron chi connectivity index (χ1n) is 8.66. The molecule has 27 heavy (non-hydrogen) atoms. The van der Waals surface area contributed by atoms with E-state index in [0.29, 0.717) is 24.1 Å². The second kappa shape index (κ2) is 8.09. The first-order chi connectivity index (χ1) is 12.7. The third-order valence-electron chi connectivity index (χ3n) is 3.95. The molecule has 0 radical (unpaired) electrons. The van der Waals surface area contributed by atoms with E-state index in [0.717, 1.165) is 27.0 Å². The molecule has 3 rings (SSSR count). The van der Waals surface area contributed by atoms with E-state index in [1.807, 2.05) is 50.6 Å². The lowest BCUT2D eigenvalue weighted by molar-refractivity contribution is -0.0181. The Morgan fingerprint density at radius 2 is 2.00 bits per heavy atom. The number of nitrogens with zero attached hydrogens (tertiary/aromatic N) is 4. The van der Waals surface area contributed by atoms with Crippen molar-refractivity contribution in [1.29, 1.82) is 0 Å². The summed E-state index contributed by atoms with van der Waals surface area (Å²) in [5.41, 5.74) is 2.66. The van der Waals surface area contributed by atoms with Crippen LogP contribution in [0, 0.1) is 6.92 Å². The second-order valence-corrected chi connectivity index (χ2v) is 8.59. The van der Waals surface area contributed by atoms with Gasteiger partial charge >= 0.3 is 0 Å². The number of hydrogen-bond donors (Lipinski definition) is 0. The van der Waals surface area contributed by atoms with Crippen LogP contribution in [0.4, 0.5) is 0 Å². The molecular formula is C20H22BrClN4O. The molecule has 2 heterocycles. The van der Waals surface area contributed by atoms with Crippen LogP contribution < -0.4 is 0 Å². The van der Waals surface area contributed by atoms with Gasteiger partial charge in [-0.15, -0.1) is 0 Å². The summed E-state index contributed by atoms with van der Waals surface area (Å²) in [4.78, 5) is 8.88. The van der Waals surface area contributed by atoms with Crippen molar-refractivity contribution in [3.05, 3.63) is 63.1 Å². The van der Waals surface area contributed by atoms with Gasteiger partial charge in [-0.2, -0.15) is 5.10 Å². The molecule has 0 saturated heterocycles. The van der Waals surface area contributed by atoms with Crippen molar-refractivity contribution in [1.82, 2.24) is 19.7 Å². The molecule has 0 unspecified atom stereocenters. The fraction of sp³-hybridized carbons (Fsp3) is 0.350. The van der Waals surface area contributed by atoms with E-state index in [2.05, 4.69) is 38.1 Å². The summed E-state index contributed by atoms with van der Waals surface area (Å²) in [5.74, 6) is 1.39. The molecule has 0 aliphatic heterocycles. The molecule has 0 aliphatic rings. The highest BCUT2D eigenvalue weighted by Gasteiger charge is 2.18. The molecule has 0 bridgehead atoms. The predicted molar refractivity (Wildman–Crippen MR) is 111 cm³/mol. The summed E-state index contributed by atoms with van der Waals surface area (Å²) >= 11 is 9.75.